The quantitative estimate of drug-likeness (QED) is 0.154. The van der Waals surface area contributed by atoms with Crippen molar-refractivity contribution < 1.29 is 37.0 Å². The molecule has 0 bridgehead atoms. The van der Waals surface area contributed by atoms with Crippen LogP contribution in [-0.2, 0) is 10.4 Å². The van der Waals surface area contributed by atoms with Gasteiger partial charge in [-0.05, 0) is 85.1 Å². The highest BCUT2D eigenvalue weighted by atomic mass is 32.2. The minimum absolute atomic E-state index is 0.00770. The van der Waals surface area contributed by atoms with Gasteiger partial charge in [-0.2, -0.15) is 10.5 Å². The van der Waals surface area contributed by atoms with Crippen molar-refractivity contribution in [1.82, 2.24) is 3.97 Å². The van der Waals surface area contributed by atoms with Crippen molar-refractivity contribution in [1.29, 1.82) is 10.5 Å². The molecule has 0 saturated heterocycles. The molecule has 50 heavy (non-hydrogen) atoms. The SMILES string of the molecule is CC(O)(C(=O)O)c1cc(F)c(-c2cccc(-c3c(-c4c(C#N)cccc4C#N)c4cc(F)ccc4n3Sc3ccc(C(F)F)cc3)c2)c(F)c1. The number of aromatic nitrogens is 1. The number of carbonyl (C=O) groups is 1. The number of nitrogens with zero attached hydrogens (tertiary/aromatic N) is 3. The second-order valence-electron chi connectivity index (χ2n) is 11.4. The highest BCUT2D eigenvalue weighted by Gasteiger charge is 2.34. The van der Waals surface area contributed by atoms with Gasteiger partial charge in [0.15, 0.2) is 5.60 Å². The number of hydrogen-bond donors (Lipinski definition) is 2. The minimum Gasteiger partial charge on any atom is -0.479 e. The van der Waals surface area contributed by atoms with Gasteiger partial charge in [0.2, 0.25) is 0 Å². The fourth-order valence-electron chi connectivity index (χ4n) is 5.71. The first-order chi connectivity index (χ1) is 23.8. The number of benzene rings is 5. The first-order valence-electron chi connectivity index (χ1n) is 14.8. The highest BCUT2D eigenvalue weighted by Crippen LogP contribution is 2.47. The molecule has 1 unspecified atom stereocenters. The molecular weight excluding hydrogens is 673 g/mol. The van der Waals surface area contributed by atoms with E-state index in [2.05, 4.69) is 12.1 Å². The first kappa shape index (κ1) is 33.9. The molecule has 0 aliphatic heterocycles. The predicted molar refractivity (Wildman–Crippen MR) is 177 cm³/mol. The Labute approximate surface area is 286 Å². The van der Waals surface area contributed by atoms with Gasteiger partial charge in [0, 0.05) is 38.1 Å². The third-order valence-electron chi connectivity index (χ3n) is 8.22. The van der Waals surface area contributed by atoms with Crippen LogP contribution in [0.15, 0.2) is 102 Å². The van der Waals surface area contributed by atoms with E-state index in [1.54, 1.807) is 10.0 Å². The van der Waals surface area contributed by atoms with Gasteiger partial charge in [-0.3, -0.25) is 3.97 Å². The molecule has 0 fully saturated rings. The van der Waals surface area contributed by atoms with Crippen LogP contribution < -0.4 is 0 Å². The number of fused-ring (bicyclic) bond motifs is 1. The van der Waals surface area contributed by atoms with Gasteiger partial charge in [0.1, 0.15) is 17.5 Å². The van der Waals surface area contributed by atoms with Gasteiger partial charge in [-0.15, -0.1) is 0 Å². The van der Waals surface area contributed by atoms with E-state index in [0.717, 1.165) is 31.0 Å². The lowest BCUT2D eigenvalue weighted by molar-refractivity contribution is -0.157. The standard InChI is InChI=1S/C38H22F5N3O3S/c1-38(49,37(47)48)25-15-29(40)33(30(41)16-25)21-4-2-5-22(14-21)35-34(32-23(18-44)6-3-7-24(32)19-45)28-17-26(39)10-13-31(28)46(35)50-27-11-8-20(9-12-27)36(42)43/h2-17,36,49H,1H3,(H,47,48). The van der Waals surface area contributed by atoms with Crippen LogP contribution in [0.3, 0.4) is 0 Å². The van der Waals surface area contributed by atoms with Crippen molar-refractivity contribution in [3.8, 4) is 45.6 Å². The zero-order chi connectivity index (χ0) is 35.9. The lowest BCUT2D eigenvalue weighted by Gasteiger charge is -2.20. The summed E-state index contributed by atoms with van der Waals surface area (Å²) < 4.78 is 74.6. The maximum Gasteiger partial charge on any atom is 0.340 e. The summed E-state index contributed by atoms with van der Waals surface area (Å²) in [7, 11) is 0. The fraction of sp³-hybridized carbons (Fsp3) is 0.0789. The maximum absolute atomic E-state index is 15.6. The number of halogens is 5. The van der Waals surface area contributed by atoms with E-state index in [-0.39, 0.29) is 33.4 Å². The second-order valence-corrected chi connectivity index (χ2v) is 12.4. The number of alkyl halides is 2. The largest absolute Gasteiger partial charge is 0.479 e. The molecule has 248 valence electrons. The number of carboxylic acids is 1. The molecule has 1 atom stereocenters. The summed E-state index contributed by atoms with van der Waals surface area (Å²) in [5, 5.41) is 40.2. The van der Waals surface area contributed by atoms with Gasteiger partial charge in [0.25, 0.3) is 6.43 Å². The molecule has 0 spiro atoms. The van der Waals surface area contributed by atoms with Gasteiger partial charge < -0.3 is 10.2 Å². The van der Waals surface area contributed by atoms with Crippen molar-refractivity contribution >= 4 is 28.8 Å². The van der Waals surface area contributed by atoms with E-state index in [1.165, 1.54) is 78.9 Å². The molecule has 0 radical (unpaired) electrons. The summed E-state index contributed by atoms with van der Waals surface area (Å²) in [5.74, 6) is -4.65. The van der Waals surface area contributed by atoms with Crippen LogP contribution in [0.5, 0.6) is 0 Å². The predicted octanol–water partition coefficient (Wildman–Crippen LogP) is 9.59. The van der Waals surface area contributed by atoms with Crippen LogP contribution in [0.2, 0.25) is 0 Å². The Kier molecular flexibility index (Phi) is 8.93. The lowest BCUT2D eigenvalue weighted by Crippen LogP contribution is -2.32. The minimum atomic E-state index is -2.70. The number of nitriles is 2. The van der Waals surface area contributed by atoms with Gasteiger partial charge in [-0.25, -0.2) is 26.7 Å². The molecule has 5 aromatic carbocycles. The molecule has 0 aliphatic carbocycles. The third-order valence-corrected chi connectivity index (χ3v) is 9.26. The van der Waals surface area contributed by atoms with Crippen LogP contribution in [-0.4, -0.2) is 20.2 Å². The van der Waals surface area contributed by atoms with E-state index >= 15 is 8.78 Å². The Morgan fingerprint density at radius 2 is 1.40 bits per heavy atom. The topological polar surface area (TPSA) is 110 Å². The molecule has 0 aliphatic rings. The molecule has 2 N–H and O–H groups in total. The summed E-state index contributed by atoms with van der Waals surface area (Å²) in [5.41, 5.74) is -2.18. The molecule has 6 nitrogen and oxygen atoms in total. The molecule has 1 aromatic heterocycles. The van der Waals surface area contributed by atoms with Crippen LogP contribution >= 0.6 is 11.9 Å². The van der Waals surface area contributed by atoms with Gasteiger partial charge >= 0.3 is 5.97 Å². The van der Waals surface area contributed by atoms with Crippen molar-refractivity contribution in [2.45, 2.75) is 23.8 Å². The molecule has 12 heteroatoms. The normalized spacial score (nSPS) is 12.4. The Morgan fingerprint density at radius 1 is 0.800 bits per heavy atom. The first-order valence-corrected chi connectivity index (χ1v) is 15.5. The van der Waals surface area contributed by atoms with Gasteiger partial charge in [0.05, 0.1) is 40.0 Å². The van der Waals surface area contributed by atoms with Crippen molar-refractivity contribution in [2.75, 3.05) is 0 Å². The Balaban J connectivity index is 1.67. The van der Waals surface area contributed by atoms with E-state index < -0.39 is 46.6 Å². The summed E-state index contributed by atoms with van der Waals surface area (Å²) in [6, 6.07) is 25.5. The number of aliphatic hydroxyl groups is 1. The van der Waals surface area contributed by atoms with Crippen molar-refractivity contribution in [2.24, 2.45) is 0 Å². The van der Waals surface area contributed by atoms with Crippen LogP contribution in [0.1, 0.15) is 35.6 Å². The molecule has 0 amide bonds. The number of rotatable bonds is 8. The monoisotopic (exact) mass is 695 g/mol. The highest BCUT2D eigenvalue weighted by molar-refractivity contribution is 7.98. The Bertz CT molecular complexity index is 2360. The van der Waals surface area contributed by atoms with Crippen molar-refractivity contribution in [3.05, 3.63) is 137 Å². The molecule has 0 saturated carbocycles. The molecular formula is C38H22F5N3O3S. The van der Waals surface area contributed by atoms with Crippen LogP contribution in [0.4, 0.5) is 22.0 Å². The second kappa shape index (κ2) is 13.2. The lowest BCUT2D eigenvalue weighted by atomic mass is 9.90. The number of aliphatic carboxylic acids is 1. The summed E-state index contributed by atoms with van der Waals surface area (Å²) in [6.45, 7) is 0.889. The number of hydrogen-bond acceptors (Lipinski definition) is 5. The van der Waals surface area contributed by atoms with Gasteiger partial charge in [-0.1, -0.05) is 36.4 Å². The Hall–Kier alpha value is -5.95. The zero-order valence-electron chi connectivity index (χ0n) is 25.8. The van der Waals surface area contributed by atoms with E-state index in [0.29, 0.717) is 27.1 Å². The summed E-state index contributed by atoms with van der Waals surface area (Å²) in [4.78, 5) is 12.0. The van der Waals surface area contributed by atoms with E-state index in [4.69, 9.17) is 0 Å². The van der Waals surface area contributed by atoms with Crippen LogP contribution in [0, 0.1) is 40.1 Å². The van der Waals surface area contributed by atoms with Crippen LogP contribution in [0.25, 0.3) is 44.4 Å². The average molecular weight is 696 g/mol. The maximum atomic E-state index is 15.6. The Morgan fingerprint density at radius 3 is 1.98 bits per heavy atom. The summed E-state index contributed by atoms with van der Waals surface area (Å²) >= 11 is 1.07. The third kappa shape index (κ3) is 5.96. The van der Waals surface area contributed by atoms with Crippen molar-refractivity contribution in [3.63, 3.8) is 0 Å². The average Bonchev–Trinajstić information content (AvgIpc) is 3.39. The fourth-order valence-corrected chi connectivity index (χ4v) is 6.72. The van der Waals surface area contributed by atoms with E-state index in [9.17, 15) is 38.7 Å². The molecule has 1 heterocycles. The zero-order valence-corrected chi connectivity index (χ0v) is 26.6. The molecule has 6 rings (SSSR count). The smallest absolute Gasteiger partial charge is 0.340 e. The summed E-state index contributed by atoms with van der Waals surface area (Å²) in [6.07, 6.45) is -2.70. The number of carboxylic acid groups (broad SMARTS) is 1. The molecule has 6 aromatic rings. The van der Waals surface area contributed by atoms with E-state index in [1.807, 2.05) is 0 Å².